The maximum absolute atomic E-state index is 8.68. The summed E-state index contributed by atoms with van der Waals surface area (Å²) in [5, 5.41) is 8.68. The quantitative estimate of drug-likeness (QED) is 0.313. The summed E-state index contributed by atoms with van der Waals surface area (Å²) in [6.07, 6.45) is 7.33. The Bertz CT molecular complexity index is 219. The van der Waals surface area contributed by atoms with Gasteiger partial charge >= 0.3 is 0 Å². The van der Waals surface area contributed by atoms with E-state index in [2.05, 4.69) is 6.58 Å². The first-order valence-corrected chi connectivity index (χ1v) is 5.68. The van der Waals surface area contributed by atoms with E-state index >= 15 is 0 Å². The number of aliphatic hydroxyl groups excluding tert-OH is 1. The standard InChI is InChI=1S/C12H20O4/c1-11(10-13)6-2-5-9-15-16-12-7-3-4-8-14-12/h2,6,12-13H,1,3-5,7-10H2/b6-2-. The fraction of sp³-hybridized carbons (Fsp3) is 0.667. The van der Waals surface area contributed by atoms with Gasteiger partial charge in [-0.1, -0.05) is 18.7 Å². The Morgan fingerprint density at radius 1 is 1.50 bits per heavy atom. The molecular weight excluding hydrogens is 208 g/mol. The Kier molecular flexibility index (Phi) is 7.09. The minimum Gasteiger partial charge on any atom is -0.392 e. The van der Waals surface area contributed by atoms with E-state index in [1.165, 1.54) is 0 Å². The molecule has 0 bridgehead atoms. The van der Waals surface area contributed by atoms with Crippen LogP contribution >= 0.6 is 0 Å². The minimum absolute atomic E-state index is 0.0101. The molecule has 0 saturated carbocycles. The van der Waals surface area contributed by atoms with Crippen molar-refractivity contribution in [3.05, 3.63) is 24.3 Å². The molecule has 1 N–H and O–H groups in total. The molecule has 1 unspecified atom stereocenters. The lowest BCUT2D eigenvalue weighted by Gasteiger charge is -2.21. The maximum Gasteiger partial charge on any atom is 0.191 e. The van der Waals surface area contributed by atoms with Crippen LogP contribution in [0.25, 0.3) is 0 Å². The zero-order valence-electron chi connectivity index (χ0n) is 9.56. The van der Waals surface area contributed by atoms with Crippen molar-refractivity contribution in [1.29, 1.82) is 0 Å². The summed E-state index contributed by atoms with van der Waals surface area (Å²) in [6, 6.07) is 0. The zero-order chi connectivity index (χ0) is 11.6. The van der Waals surface area contributed by atoms with E-state index in [-0.39, 0.29) is 12.9 Å². The van der Waals surface area contributed by atoms with Gasteiger partial charge in [0.25, 0.3) is 0 Å². The Labute approximate surface area is 96.4 Å². The SMILES string of the molecule is C=C(/C=C\CCOOC1CCCCO1)CO. The van der Waals surface area contributed by atoms with Gasteiger partial charge in [-0.15, -0.1) is 0 Å². The molecule has 4 nitrogen and oxygen atoms in total. The fourth-order valence-corrected chi connectivity index (χ4v) is 1.33. The van der Waals surface area contributed by atoms with E-state index in [4.69, 9.17) is 19.6 Å². The molecule has 0 aromatic heterocycles. The van der Waals surface area contributed by atoms with Gasteiger partial charge in [-0.25, -0.2) is 9.78 Å². The molecular formula is C12H20O4. The van der Waals surface area contributed by atoms with Gasteiger partial charge in [-0.2, -0.15) is 0 Å². The van der Waals surface area contributed by atoms with Gasteiger partial charge in [0, 0.05) is 13.0 Å². The van der Waals surface area contributed by atoms with E-state index in [1.54, 1.807) is 6.08 Å². The largest absolute Gasteiger partial charge is 0.392 e. The first-order chi connectivity index (χ1) is 7.83. The molecule has 1 aliphatic rings. The van der Waals surface area contributed by atoms with Gasteiger partial charge in [-0.05, 0) is 24.8 Å². The zero-order valence-corrected chi connectivity index (χ0v) is 9.56. The predicted molar refractivity (Wildman–Crippen MR) is 60.6 cm³/mol. The molecule has 0 aromatic rings. The molecule has 0 spiro atoms. The second-order valence-corrected chi connectivity index (χ2v) is 3.72. The van der Waals surface area contributed by atoms with Gasteiger partial charge in [0.1, 0.15) is 0 Å². The van der Waals surface area contributed by atoms with Crippen LogP contribution in [0.1, 0.15) is 25.7 Å². The minimum atomic E-state index is -0.204. The van der Waals surface area contributed by atoms with Crippen LogP contribution in [0.3, 0.4) is 0 Å². The lowest BCUT2D eigenvalue weighted by atomic mass is 10.2. The Morgan fingerprint density at radius 3 is 3.06 bits per heavy atom. The third-order valence-corrected chi connectivity index (χ3v) is 2.24. The van der Waals surface area contributed by atoms with E-state index in [0.29, 0.717) is 12.2 Å². The number of ether oxygens (including phenoxy) is 1. The molecule has 0 aliphatic carbocycles. The Balaban J connectivity index is 1.94. The molecule has 0 aromatic carbocycles. The van der Waals surface area contributed by atoms with E-state index in [0.717, 1.165) is 32.3 Å². The molecule has 16 heavy (non-hydrogen) atoms. The van der Waals surface area contributed by atoms with Gasteiger partial charge in [0.2, 0.25) is 0 Å². The number of aliphatic hydroxyl groups is 1. The van der Waals surface area contributed by atoms with Crippen molar-refractivity contribution < 1.29 is 19.6 Å². The average molecular weight is 228 g/mol. The lowest BCUT2D eigenvalue weighted by Crippen LogP contribution is -2.22. The van der Waals surface area contributed by atoms with Crippen molar-refractivity contribution in [3.63, 3.8) is 0 Å². The third-order valence-electron chi connectivity index (χ3n) is 2.24. The van der Waals surface area contributed by atoms with Gasteiger partial charge < -0.3 is 9.84 Å². The molecule has 92 valence electrons. The summed E-state index contributed by atoms with van der Waals surface area (Å²) in [6.45, 7) is 4.86. The smallest absolute Gasteiger partial charge is 0.191 e. The van der Waals surface area contributed by atoms with Crippen molar-refractivity contribution in [3.8, 4) is 0 Å². The third kappa shape index (κ3) is 6.02. The van der Waals surface area contributed by atoms with Crippen LogP contribution in [-0.4, -0.2) is 31.2 Å². The summed E-state index contributed by atoms with van der Waals surface area (Å²) in [7, 11) is 0. The van der Waals surface area contributed by atoms with Crippen molar-refractivity contribution in [2.24, 2.45) is 0 Å². The molecule has 0 amide bonds. The topological polar surface area (TPSA) is 47.9 Å². The fourth-order valence-electron chi connectivity index (χ4n) is 1.33. The Hall–Kier alpha value is -0.680. The molecule has 1 heterocycles. The first-order valence-electron chi connectivity index (χ1n) is 5.68. The van der Waals surface area contributed by atoms with Crippen LogP contribution < -0.4 is 0 Å². The monoisotopic (exact) mass is 228 g/mol. The van der Waals surface area contributed by atoms with Crippen LogP contribution in [0, 0.1) is 0 Å². The second kappa shape index (κ2) is 8.47. The predicted octanol–water partition coefficient (Wildman–Crippen LogP) is 1.96. The van der Waals surface area contributed by atoms with Crippen molar-refractivity contribution in [2.75, 3.05) is 19.8 Å². The number of hydrogen-bond acceptors (Lipinski definition) is 4. The molecule has 1 fully saturated rings. The van der Waals surface area contributed by atoms with Gasteiger partial charge in [-0.3, -0.25) is 0 Å². The number of hydrogen-bond donors (Lipinski definition) is 1. The van der Waals surface area contributed by atoms with E-state index in [1.807, 2.05) is 6.08 Å². The molecule has 1 aliphatic heterocycles. The van der Waals surface area contributed by atoms with Crippen LogP contribution in [0.15, 0.2) is 24.3 Å². The highest BCUT2D eigenvalue weighted by atomic mass is 17.2. The maximum atomic E-state index is 8.68. The van der Waals surface area contributed by atoms with Crippen molar-refractivity contribution >= 4 is 0 Å². The number of rotatable bonds is 7. The average Bonchev–Trinajstić information content (AvgIpc) is 2.34. The Morgan fingerprint density at radius 2 is 2.38 bits per heavy atom. The molecule has 1 atom stereocenters. The molecule has 4 heteroatoms. The summed E-state index contributed by atoms with van der Waals surface area (Å²) in [5.74, 6) is 0. The second-order valence-electron chi connectivity index (χ2n) is 3.72. The van der Waals surface area contributed by atoms with Crippen LogP contribution in [-0.2, 0) is 14.5 Å². The van der Waals surface area contributed by atoms with Gasteiger partial charge in [0.05, 0.1) is 13.2 Å². The molecule has 1 saturated heterocycles. The normalized spacial score (nSPS) is 21.4. The van der Waals surface area contributed by atoms with Crippen LogP contribution in [0.2, 0.25) is 0 Å². The van der Waals surface area contributed by atoms with E-state index < -0.39 is 0 Å². The summed E-state index contributed by atoms with van der Waals surface area (Å²) >= 11 is 0. The highest BCUT2D eigenvalue weighted by molar-refractivity contribution is 5.13. The molecule has 1 rings (SSSR count). The first kappa shape index (κ1) is 13.4. The summed E-state index contributed by atoms with van der Waals surface area (Å²) in [5.41, 5.74) is 0.691. The molecule has 0 radical (unpaired) electrons. The highest BCUT2D eigenvalue weighted by Crippen LogP contribution is 2.13. The van der Waals surface area contributed by atoms with E-state index in [9.17, 15) is 0 Å². The van der Waals surface area contributed by atoms with Gasteiger partial charge in [0.15, 0.2) is 6.29 Å². The van der Waals surface area contributed by atoms with Crippen molar-refractivity contribution in [2.45, 2.75) is 32.0 Å². The lowest BCUT2D eigenvalue weighted by molar-refractivity contribution is -0.383. The highest BCUT2D eigenvalue weighted by Gasteiger charge is 2.14. The van der Waals surface area contributed by atoms with Crippen LogP contribution in [0.5, 0.6) is 0 Å². The van der Waals surface area contributed by atoms with Crippen molar-refractivity contribution in [1.82, 2.24) is 0 Å². The summed E-state index contributed by atoms with van der Waals surface area (Å²) < 4.78 is 5.33. The van der Waals surface area contributed by atoms with Crippen LogP contribution in [0.4, 0.5) is 0 Å². The summed E-state index contributed by atoms with van der Waals surface area (Å²) in [4.78, 5) is 10.1.